The summed E-state index contributed by atoms with van der Waals surface area (Å²) in [7, 11) is -3.50. The highest BCUT2D eigenvalue weighted by Gasteiger charge is 2.29. The number of piperidine rings is 1. The third-order valence-electron chi connectivity index (χ3n) is 5.80. The average Bonchev–Trinajstić information content (AvgIpc) is 3.19. The van der Waals surface area contributed by atoms with E-state index in [0.717, 1.165) is 30.5 Å². The number of anilines is 1. The second-order valence-electron chi connectivity index (χ2n) is 8.11. The molecule has 0 atom stereocenters. The lowest BCUT2D eigenvalue weighted by Crippen LogP contribution is -2.42. The van der Waals surface area contributed by atoms with Crippen LogP contribution in [0.5, 0.6) is 0 Å². The average molecular weight is 471 g/mol. The number of hydrogen-bond donors (Lipinski definition) is 3. The Bertz CT molecular complexity index is 1100. The summed E-state index contributed by atoms with van der Waals surface area (Å²) in [6.45, 7) is 1.26. The largest absolute Gasteiger partial charge is 0.381 e. The Morgan fingerprint density at radius 1 is 1.24 bits per heavy atom. The van der Waals surface area contributed by atoms with Crippen molar-refractivity contribution in [3.8, 4) is 6.07 Å². The first-order chi connectivity index (χ1) is 15.9. The fourth-order valence-electron chi connectivity index (χ4n) is 3.85. The summed E-state index contributed by atoms with van der Waals surface area (Å²) >= 11 is 0. The maximum Gasteiger partial charge on any atom is 0.236 e. The maximum atomic E-state index is 12.6. The van der Waals surface area contributed by atoms with Crippen LogP contribution in [0.1, 0.15) is 48.9 Å². The number of unbranched alkanes of at least 4 members (excludes halogenated alkanes) is 2. The monoisotopic (exact) mass is 470 g/mol. The Morgan fingerprint density at radius 2 is 1.97 bits per heavy atom. The van der Waals surface area contributed by atoms with Crippen LogP contribution in [0.2, 0.25) is 0 Å². The molecule has 1 aromatic heterocycles. The number of nitriles is 1. The number of H-pyrrole nitrogens is 1. The number of hydrogen-bond acceptors (Lipinski definition) is 6. The van der Waals surface area contributed by atoms with Gasteiger partial charge in [0.05, 0.1) is 5.69 Å². The van der Waals surface area contributed by atoms with Crippen molar-refractivity contribution in [1.82, 2.24) is 19.8 Å². The molecule has 0 unspecified atom stereocenters. The van der Waals surface area contributed by atoms with Crippen LogP contribution in [0.3, 0.4) is 0 Å². The first-order valence-electron chi connectivity index (χ1n) is 11.1. The van der Waals surface area contributed by atoms with E-state index in [9.17, 15) is 13.2 Å². The van der Waals surface area contributed by atoms with Gasteiger partial charge in [-0.1, -0.05) is 36.8 Å². The van der Waals surface area contributed by atoms with E-state index in [1.807, 2.05) is 30.3 Å². The molecule has 4 N–H and O–H groups in total. The number of carbonyl (C=O) groups is 1. The van der Waals surface area contributed by atoms with Crippen molar-refractivity contribution in [2.45, 2.75) is 38.5 Å². The zero-order valence-corrected chi connectivity index (χ0v) is 19.4. The van der Waals surface area contributed by atoms with Crippen molar-refractivity contribution in [3.63, 3.8) is 0 Å². The number of nitrogens with two attached hydrogens (primary N) is 1. The second kappa shape index (κ2) is 11.6. The van der Waals surface area contributed by atoms with Crippen LogP contribution >= 0.6 is 0 Å². The van der Waals surface area contributed by atoms with E-state index in [0.29, 0.717) is 44.5 Å². The van der Waals surface area contributed by atoms with Crippen molar-refractivity contribution >= 4 is 27.8 Å². The Labute approximate surface area is 194 Å². The smallest absolute Gasteiger partial charge is 0.236 e. The maximum absolute atomic E-state index is 12.6. The molecule has 1 aliphatic rings. The van der Waals surface area contributed by atoms with Gasteiger partial charge in [-0.3, -0.25) is 9.89 Å². The zero-order valence-electron chi connectivity index (χ0n) is 18.5. The molecule has 0 saturated carbocycles. The summed E-state index contributed by atoms with van der Waals surface area (Å²) in [4.78, 5) is 12.4. The lowest BCUT2D eigenvalue weighted by atomic mass is 9.97. The minimum Gasteiger partial charge on any atom is -0.381 e. The molecule has 10 heteroatoms. The van der Waals surface area contributed by atoms with Crippen LogP contribution in [-0.4, -0.2) is 48.5 Å². The molecule has 1 fully saturated rings. The molecule has 1 saturated heterocycles. The lowest BCUT2D eigenvalue weighted by molar-refractivity contribution is -0.126. The van der Waals surface area contributed by atoms with Gasteiger partial charge in [-0.2, -0.15) is 14.7 Å². The standard InChI is InChI=1S/C23H30N6O3S/c24-17-20-21(27-28-22(20)25)9-5-2-6-13-26-23(30)19-10-14-29(15-11-19)33(31,32)16-12-18-7-3-1-4-8-18/h1,3-4,7-8,12,16,19H,2,5-6,9-11,13-15H2,(H,26,30)(H3,25,27,28). The highest BCUT2D eigenvalue weighted by molar-refractivity contribution is 7.92. The van der Waals surface area contributed by atoms with Crippen molar-refractivity contribution in [3.05, 3.63) is 52.6 Å². The van der Waals surface area contributed by atoms with Gasteiger partial charge in [-0.05, 0) is 43.7 Å². The highest BCUT2D eigenvalue weighted by atomic mass is 32.2. The van der Waals surface area contributed by atoms with Crippen LogP contribution in [0.25, 0.3) is 6.08 Å². The van der Waals surface area contributed by atoms with Gasteiger partial charge < -0.3 is 11.1 Å². The van der Waals surface area contributed by atoms with Gasteiger partial charge in [-0.25, -0.2) is 8.42 Å². The normalized spacial score (nSPS) is 15.5. The summed E-state index contributed by atoms with van der Waals surface area (Å²) in [5.41, 5.74) is 7.61. The number of rotatable bonds is 10. The number of nitrogens with one attached hydrogen (secondary N) is 2. The predicted molar refractivity (Wildman–Crippen MR) is 127 cm³/mol. The predicted octanol–water partition coefficient (Wildman–Crippen LogP) is 2.41. The van der Waals surface area contributed by atoms with Gasteiger partial charge >= 0.3 is 0 Å². The van der Waals surface area contributed by atoms with Crippen molar-refractivity contribution in [2.75, 3.05) is 25.4 Å². The molecular formula is C23H30N6O3S. The van der Waals surface area contributed by atoms with Crippen LogP contribution < -0.4 is 11.1 Å². The molecule has 0 spiro atoms. The first-order valence-corrected chi connectivity index (χ1v) is 12.6. The molecule has 0 bridgehead atoms. The third-order valence-corrected chi connectivity index (χ3v) is 7.37. The molecule has 2 heterocycles. The van der Waals surface area contributed by atoms with Gasteiger partial charge in [0.1, 0.15) is 11.6 Å². The second-order valence-corrected chi connectivity index (χ2v) is 9.93. The number of benzene rings is 1. The molecule has 0 radical (unpaired) electrons. The molecule has 2 aromatic rings. The number of aromatic amines is 1. The molecule has 1 aromatic carbocycles. The number of aromatic nitrogens is 2. The van der Waals surface area contributed by atoms with Crippen LogP contribution in [-0.2, 0) is 21.2 Å². The molecule has 0 aliphatic carbocycles. The Morgan fingerprint density at radius 3 is 2.67 bits per heavy atom. The fraction of sp³-hybridized carbons (Fsp3) is 0.435. The molecule has 1 amide bonds. The van der Waals surface area contributed by atoms with E-state index in [1.54, 1.807) is 6.08 Å². The summed E-state index contributed by atoms with van der Waals surface area (Å²) < 4.78 is 26.6. The molecule has 1 aliphatic heterocycles. The van der Waals surface area contributed by atoms with E-state index in [4.69, 9.17) is 11.0 Å². The molecular weight excluding hydrogens is 440 g/mol. The molecule has 176 valence electrons. The Kier molecular flexibility index (Phi) is 8.63. The van der Waals surface area contributed by atoms with Crippen molar-refractivity contribution in [1.29, 1.82) is 5.26 Å². The molecule has 33 heavy (non-hydrogen) atoms. The number of sulfonamides is 1. The van der Waals surface area contributed by atoms with Crippen LogP contribution in [0.4, 0.5) is 5.82 Å². The van der Waals surface area contributed by atoms with E-state index < -0.39 is 10.0 Å². The van der Waals surface area contributed by atoms with E-state index in [-0.39, 0.29) is 17.6 Å². The Hall–Kier alpha value is -3.16. The Balaban J connectivity index is 1.34. The first kappa shape index (κ1) is 24.5. The SMILES string of the molecule is N#Cc1c(N)n[nH]c1CCCCCNC(=O)C1CCN(S(=O)(=O)C=Cc2ccccc2)CC1. The summed E-state index contributed by atoms with van der Waals surface area (Å²) in [6.07, 6.45) is 5.90. The van der Waals surface area contributed by atoms with E-state index in [1.165, 1.54) is 9.71 Å². The number of nitrogens with zero attached hydrogens (tertiary/aromatic N) is 3. The van der Waals surface area contributed by atoms with Crippen LogP contribution in [0, 0.1) is 17.2 Å². The fourth-order valence-corrected chi connectivity index (χ4v) is 5.07. The summed E-state index contributed by atoms with van der Waals surface area (Å²) in [5, 5.41) is 19.9. The molecule has 3 rings (SSSR count). The van der Waals surface area contributed by atoms with Gasteiger partial charge in [0.2, 0.25) is 15.9 Å². The van der Waals surface area contributed by atoms with E-state index >= 15 is 0 Å². The van der Waals surface area contributed by atoms with Crippen LogP contribution in [0.15, 0.2) is 35.7 Å². The van der Waals surface area contributed by atoms with Crippen molar-refractivity contribution in [2.24, 2.45) is 5.92 Å². The zero-order chi connectivity index (χ0) is 23.7. The van der Waals surface area contributed by atoms with Crippen molar-refractivity contribution < 1.29 is 13.2 Å². The third kappa shape index (κ3) is 6.91. The van der Waals surface area contributed by atoms with Gasteiger partial charge in [-0.15, -0.1) is 0 Å². The van der Waals surface area contributed by atoms with Gasteiger partial charge in [0, 0.05) is 31.0 Å². The highest BCUT2D eigenvalue weighted by Crippen LogP contribution is 2.21. The number of nitrogen functional groups attached to an aromatic ring is 1. The minimum atomic E-state index is -3.50. The minimum absolute atomic E-state index is 0.0139. The molecule has 9 nitrogen and oxygen atoms in total. The number of aryl methyl sites for hydroxylation is 1. The van der Waals surface area contributed by atoms with E-state index in [2.05, 4.69) is 21.6 Å². The lowest BCUT2D eigenvalue weighted by Gasteiger charge is -2.29. The number of amides is 1. The van der Waals surface area contributed by atoms with Gasteiger partial charge in [0.25, 0.3) is 0 Å². The summed E-state index contributed by atoms with van der Waals surface area (Å²) in [5.74, 6) is 0.0477. The topological polar surface area (TPSA) is 145 Å². The quantitative estimate of drug-likeness (QED) is 0.455. The van der Waals surface area contributed by atoms with Gasteiger partial charge in [0.15, 0.2) is 5.82 Å². The summed E-state index contributed by atoms with van der Waals surface area (Å²) in [6, 6.07) is 11.3. The number of carbonyl (C=O) groups excluding carboxylic acids is 1.